The van der Waals surface area contributed by atoms with Crippen molar-refractivity contribution in [3.05, 3.63) is 59.8 Å². The maximum absolute atomic E-state index is 12.9. The molecule has 1 N–H and O–H groups in total. The first-order valence-corrected chi connectivity index (χ1v) is 14.0. The van der Waals surface area contributed by atoms with Gasteiger partial charge in [0.05, 0.1) is 11.9 Å². The van der Waals surface area contributed by atoms with Crippen molar-refractivity contribution in [3.63, 3.8) is 0 Å². The van der Waals surface area contributed by atoms with E-state index in [4.69, 9.17) is 11.6 Å². The van der Waals surface area contributed by atoms with Gasteiger partial charge in [0.1, 0.15) is 9.92 Å². The van der Waals surface area contributed by atoms with Crippen molar-refractivity contribution in [2.45, 2.75) is 23.8 Å². The van der Waals surface area contributed by atoms with Crippen molar-refractivity contribution < 1.29 is 8.42 Å². The standard InChI is InChI=1S/C26H34ClN7O2S/c1-31(2)37(35,36)24-9-7-6-8-23(24)34(5)25-22(27)18-28-26(30-25)29-19-10-12-20(13-11-19)33(4)21-14-16-32(3)17-15-21/h6-13,18,21H,14-17H2,1-5H3,(H,28,29,30). The molecule has 3 aromatic rings. The topological polar surface area (TPSA) is 84.9 Å². The highest BCUT2D eigenvalue weighted by Crippen LogP contribution is 2.34. The second-order valence-electron chi connectivity index (χ2n) is 9.50. The Morgan fingerprint density at radius 1 is 1.00 bits per heavy atom. The number of nitrogens with one attached hydrogen (secondary N) is 1. The van der Waals surface area contributed by atoms with Gasteiger partial charge in [-0.1, -0.05) is 23.7 Å². The molecule has 1 fully saturated rings. The van der Waals surface area contributed by atoms with E-state index >= 15 is 0 Å². The first-order valence-electron chi connectivity index (χ1n) is 12.1. The number of aromatic nitrogens is 2. The summed E-state index contributed by atoms with van der Waals surface area (Å²) >= 11 is 6.45. The number of benzene rings is 2. The molecule has 198 valence electrons. The average molecular weight is 544 g/mol. The molecule has 1 saturated heterocycles. The van der Waals surface area contributed by atoms with Crippen LogP contribution in [-0.2, 0) is 10.0 Å². The van der Waals surface area contributed by atoms with E-state index in [1.54, 1.807) is 36.2 Å². The predicted octanol–water partition coefficient (Wildman–Crippen LogP) is 4.42. The van der Waals surface area contributed by atoms with Gasteiger partial charge in [0.15, 0.2) is 5.82 Å². The molecule has 0 spiro atoms. The first kappa shape index (κ1) is 27.1. The molecule has 2 aromatic carbocycles. The molecule has 0 saturated carbocycles. The Kier molecular flexibility index (Phi) is 8.23. The van der Waals surface area contributed by atoms with Crippen LogP contribution < -0.4 is 15.1 Å². The molecule has 0 amide bonds. The maximum atomic E-state index is 12.9. The van der Waals surface area contributed by atoms with Crippen molar-refractivity contribution in [1.29, 1.82) is 0 Å². The van der Waals surface area contributed by atoms with Gasteiger partial charge in [0, 0.05) is 45.6 Å². The summed E-state index contributed by atoms with van der Waals surface area (Å²) in [5.41, 5.74) is 2.47. The molecule has 37 heavy (non-hydrogen) atoms. The summed E-state index contributed by atoms with van der Waals surface area (Å²) in [6.45, 7) is 2.23. The second kappa shape index (κ2) is 11.2. The number of halogens is 1. The van der Waals surface area contributed by atoms with Crippen molar-refractivity contribution >= 4 is 50.5 Å². The van der Waals surface area contributed by atoms with E-state index in [9.17, 15) is 8.42 Å². The largest absolute Gasteiger partial charge is 0.372 e. The van der Waals surface area contributed by atoms with Gasteiger partial charge >= 0.3 is 0 Å². The highest BCUT2D eigenvalue weighted by Gasteiger charge is 2.25. The SMILES string of the molecule is CN1CCC(N(C)c2ccc(Nc3ncc(Cl)c(N(C)c4ccccc4S(=O)(=O)N(C)C)n3)cc2)CC1. The zero-order valence-electron chi connectivity index (χ0n) is 21.9. The summed E-state index contributed by atoms with van der Waals surface area (Å²) < 4.78 is 27.0. The molecule has 0 radical (unpaired) electrons. The molecule has 0 aliphatic carbocycles. The Labute approximate surface area is 224 Å². The molecule has 1 aliphatic rings. The van der Waals surface area contributed by atoms with Gasteiger partial charge in [-0.25, -0.2) is 17.7 Å². The Morgan fingerprint density at radius 3 is 2.30 bits per heavy atom. The fourth-order valence-corrected chi connectivity index (χ4v) is 5.75. The number of para-hydroxylation sites is 1. The zero-order chi connectivity index (χ0) is 26.7. The van der Waals surface area contributed by atoms with E-state index in [-0.39, 0.29) is 4.90 Å². The summed E-state index contributed by atoms with van der Waals surface area (Å²) in [5.74, 6) is 0.745. The van der Waals surface area contributed by atoms with Crippen LogP contribution >= 0.6 is 11.6 Å². The number of sulfonamides is 1. The normalized spacial score (nSPS) is 15.1. The van der Waals surface area contributed by atoms with E-state index in [2.05, 4.69) is 51.3 Å². The number of rotatable bonds is 8. The molecule has 4 rings (SSSR count). The summed E-state index contributed by atoms with van der Waals surface area (Å²) in [7, 11) is 5.39. The van der Waals surface area contributed by atoms with Crippen molar-refractivity contribution in [1.82, 2.24) is 19.2 Å². The lowest BCUT2D eigenvalue weighted by Crippen LogP contribution is -2.41. The predicted molar refractivity (Wildman–Crippen MR) is 151 cm³/mol. The summed E-state index contributed by atoms with van der Waals surface area (Å²) in [6, 6.07) is 15.5. The molecular formula is C26H34ClN7O2S. The van der Waals surface area contributed by atoms with Crippen LogP contribution in [0.4, 0.5) is 28.8 Å². The smallest absolute Gasteiger partial charge is 0.244 e. The summed E-state index contributed by atoms with van der Waals surface area (Å²) in [4.78, 5) is 15.5. The van der Waals surface area contributed by atoms with Crippen molar-refractivity contribution in [2.24, 2.45) is 0 Å². The summed E-state index contributed by atoms with van der Waals surface area (Å²) in [6.07, 6.45) is 3.82. The van der Waals surface area contributed by atoms with Gasteiger partial charge in [0.2, 0.25) is 16.0 Å². The molecule has 0 atom stereocenters. The van der Waals surface area contributed by atoms with Crippen LogP contribution in [0.5, 0.6) is 0 Å². The maximum Gasteiger partial charge on any atom is 0.244 e. The van der Waals surface area contributed by atoms with E-state index in [0.29, 0.717) is 28.5 Å². The molecule has 1 aromatic heterocycles. The van der Waals surface area contributed by atoms with Crippen LogP contribution in [0.1, 0.15) is 12.8 Å². The minimum atomic E-state index is -3.67. The second-order valence-corrected chi connectivity index (χ2v) is 12.0. The fourth-order valence-electron chi connectivity index (χ4n) is 4.42. The van der Waals surface area contributed by atoms with Crippen LogP contribution in [0.25, 0.3) is 0 Å². The monoisotopic (exact) mass is 543 g/mol. The van der Waals surface area contributed by atoms with Crippen molar-refractivity contribution in [3.8, 4) is 0 Å². The number of piperidine rings is 1. The molecular weight excluding hydrogens is 510 g/mol. The number of hydrogen-bond acceptors (Lipinski definition) is 8. The Morgan fingerprint density at radius 2 is 1.65 bits per heavy atom. The van der Waals surface area contributed by atoms with Crippen LogP contribution in [-0.4, -0.2) is 82.0 Å². The van der Waals surface area contributed by atoms with Crippen molar-refractivity contribution in [2.75, 3.05) is 63.4 Å². The molecule has 0 unspecified atom stereocenters. The van der Waals surface area contributed by atoms with Gasteiger partial charge in [-0.05, 0) is 69.4 Å². The number of hydrogen-bond donors (Lipinski definition) is 1. The third-order valence-electron chi connectivity index (χ3n) is 6.80. The van der Waals surface area contributed by atoms with Crippen LogP contribution in [0.2, 0.25) is 5.02 Å². The first-order chi connectivity index (χ1) is 17.6. The third kappa shape index (κ3) is 5.98. The minimum absolute atomic E-state index is 0.163. The van der Waals surface area contributed by atoms with Gasteiger partial charge in [0.25, 0.3) is 0 Å². The molecule has 1 aliphatic heterocycles. The van der Waals surface area contributed by atoms with Gasteiger partial charge in [-0.3, -0.25) is 0 Å². The van der Waals surface area contributed by atoms with Gasteiger partial charge < -0.3 is 20.0 Å². The Balaban J connectivity index is 1.54. The van der Waals surface area contributed by atoms with Gasteiger partial charge in [-0.15, -0.1) is 0 Å². The van der Waals surface area contributed by atoms with E-state index < -0.39 is 10.0 Å². The molecule has 0 bridgehead atoms. The zero-order valence-corrected chi connectivity index (χ0v) is 23.5. The number of likely N-dealkylation sites (tertiary alicyclic amines) is 1. The van der Waals surface area contributed by atoms with Crippen LogP contribution in [0.15, 0.2) is 59.6 Å². The molecule has 11 heteroatoms. The third-order valence-corrected chi connectivity index (χ3v) is 8.92. The quantitative estimate of drug-likeness (QED) is 0.447. The molecule has 2 heterocycles. The number of anilines is 5. The average Bonchev–Trinajstić information content (AvgIpc) is 2.90. The Hall–Kier alpha value is -2.92. The van der Waals surface area contributed by atoms with E-state index in [1.165, 1.54) is 24.6 Å². The van der Waals surface area contributed by atoms with E-state index in [0.717, 1.165) is 37.3 Å². The van der Waals surface area contributed by atoms with Crippen LogP contribution in [0.3, 0.4) is 0 Å². The highest BCUT2D eigenvalue weighted by atomic mass is 35.5. The van der Waals surface area contributed by atoms with Crippen LogP contribution in [0, 0.1) is 0 Å². The van der Waals surface area contributed by atoms with E-state index in [1.807, 2.05) is 12.1 Å². The lowest BCUT2D eigenvalue weighted by Gasteiger charge is -2.36. The Bertz CT molecular complexity index is 1330. The minimum Gasteiger partial charge on any atom is -0.372 e. The number of nitrogens with zero attached hydrogens (tertiary/aromatic N) is 6. The fraction of sp³-hybridized carbons (Fsp3) is 0.385. The highest BCUT2D eigenvalue weighted by molar-refractivity contribution is 7.89. The molecule has 9 nitrogen and oxygen atoms in total. The lowest BCUT2D eigenvalue weighted by molar-refractivity contribution is 0.253. The van der Waals surface area contributed by atoms with Gasteiger partial charge in [-0.2, -0.15) is 4.98 Å². The summed E-state index contributed by atoms with van der Waals surface area (Å²) in [5, 5.41) is 3.54. The lowest BCUT2D eigenvalue weighted by atomic mass is 10.0.